The number of nitriles is 1. The Bertz CT molecular complexity index is 1300. The first-order valence-electron chi connectivity index (χ1n) is 8.35. The van der Waals surface area contributed by atoms with Gasteiger partial charge < -0.3 is 5.11 Å². The Morgan fingerprint density at radius 3 is 2.71 bits per heavy atom. The Morgan fingerprint density at radius 2 is 2.07 bits per heavy atom. The van der Waals surface area contributed by atoms with Gasteiger partial charge in [0.15, 0.2) is 5.69 Å². The average molecular weight is 375 g/mol. The van der Waals surface area contributed by atoms with Crippen molar-refractivity contribution in [3.05, 3.63) is 65.5 Å². The molecule has 4 rings (SSSR count). The van der Waals surface area contributed by atoms with Crippen LogP contribution in [-0.4, -0.2) is 30.2 Å². The first-order chi connectivity index (χ1) is 13.4. The van der Waals surface area contributed by atoms with E-state index in [1.165, 1.54) is 28.8 Å². The molecule has 138 valence electrons. The van der Waals surface area contributed by atoms with Crippen molar-refractivity contribution in [3.63, 3.8) is 0 Å². The molecule has 3 heterocycles. The lowest BCUT2D eigenvalue weighted by atomic mass is 9.97. The minimum absolute atomic E-state index is 0.0328. The van der Waals surface area contributed by atoms with Gasteiger partial charge in [-0.2, -0.15) is 10.4 Å². The highest BCUT2D eigenvalue weighted by Crippen LogP contribution is 2.37. The molecular weight excluding hydrogens is 361 g/mol. The van der Waals surface area contributed by atoms with Crippen molar-refractivity contribution in [3.8, 4) is 28.5 Å². The Kier molecular flexibility index (Phi) is 3.93. The fourth-order valence-electron chi connectivity index (χ4n) is 3.31. The molecule has 0 aliphatic carbocycles. The molecule has 0 fully saturated rings. The van der Waals surface area contributed by atoms with E-state index in [1.54, 1.807) is 30.1 Å². The molecule has 0 saturated carbocycles. The van der Waals surface area contributed by atoms with Crippen LogP contribution < -0.4 is 0 Å². The molecule has 7 nitrogen and oxygen atoms in total. The van der Waals surface area contributed by atoms with E-state index in [2.05, 4.69) is 16.2 Å². The van der Waals surface area contributed by atoms with E-state index in [9.17, 15) is 19.6 Å². The Labute approximate surface area is 158 Å². The molecule has 0 saturated heterocycles. The quantitative estimate of drug-likeness (QED) is 0.592. The number of aryl methyl sites for hydroxylation is 2. The van der Waals surface area contributed by atoms with Gasteiger partial charge in [0, 0.05) is 30.6 Å². The Balaban J connectivity index is 2.05. The number of carbonyl (C=O) groups is 1. The molecule has 0 bridgehead atoms. The standard InChI is InChI=1S/C20H14FN5O2/c1-11-14(10-25(2)24-11)13-4-3-5-15(21)18(13)19-16(9-22)26-7-6-12(20(27)28)8-17(26)23-19/h3-8,10H,1-2H3,(H,27,28). The number of aromatic carboxylic acids is 1. The summed E-state index contributed by atoms with van der Waals surface area (Å²) in [7, 11) is 1.77. The maximum absolute atomic E-state index is 14.9. The summed E-state index contributed by atoms with van der Waals surface area (Å²) in [4.78, 5) is 15.6. The monoisotopic (exact) mass is 375 g/mol. The molecule has 0 amide bonds. The Morgan fingerprint density at radius 1 is 1.29 bits per heavy atom. The molecule has 1 aromatic carbocycles. The molecular formula is C20H14FN5O2. The SMILES string of the molecule is Cc1nn(C)cc1-c1cccc(F)c1-c1nc2cc(C(=O)O)ccn2c1C#N. The molecule has 0 spiro atoms. The molecule has 0 radical (unpaired) electrons. The number of carboxylic acids is 1. The van der Waals surface area contributed by atoms with Gasteiger partial charge in [0.1, 0.15) is 23.2 Å². The fourth-order valence-corrected chi connectivity index (χ4v) is 3.31. The largest absolute Gasteiger partial charge is 0.478 e. The summed E-state index contributed by atoms with van der Waals surface area (Å²) < 4.78 is 18.0. The Hall–Kier alpha value is -3.99. The number of hydrogen-bond acceptors (Lipinski definition) is 4. The first-order valence-corrected chi connectivity index (χ1v) is 8.35. The number of nitrogens with zero attached hydrogens (tertiary/aromatic N) is 5. The second-order valence-corrected chi connectivity index (χ2v) is 6.33. The topological polar surface area (TPSA) is 96.2 Å². The van der Waals surface area contributed by atoms with Crippen LogP contribution in [0.2, 0.25) is 0 Å². The second kappa shape index (κ2) is 6.32. The van der Waals surface area contributed by atoms with Gasteiger partial charge in [-0.05, 0) is 30.7 Å². The fraction of sp³-hybridized carbons (Fsp3) is 0.100. The van der Waals surface area contributed by atoms with Crippen molar-refractivity contribution in [2.45, 2.75) is 6.92 Å². The third-order valence-corrected chi connectivity index (χ3v) is 4.53. The molecule has 0 aliphatic heterocycles. The van der Waals surface area contributed by atoms with E-state index in [0.717, 1.165) is 5.56 Å². The number of carboxylic acid groups (broad SMARTS) is 1. The molecule has 3 aromatic heterocycles. The number of benzene rings is 1. The number of pyridine rings is 1. The van der Waals surface area contributed by atoms with Crippen LogP contribution in [0.1, 0.15) is 21.7 Å². The van der Waals surface area contributed by atoms with E-state index < -0.39 is 11.8 Å². The first kappa shape index (κ1) is 17.4. The number of rotatable bonds is 3. The molecule has 28 heavy (non-hydrogen) atoms. The molecule has 8 heteroatoms. The van der Waals surface area contributed by atoms with Gasteiger partial charge in [0.05, 0.1) is 11.3 Å². The molecule has 1 N–H and O–H groups in total. The average Bonchev–Trinajstić information content (AvgIpc) is 3.19. The zero-order valence-corrected chi connectivity index (χ0v) is 15.0. The number of imidazole rings is 1. The van der Waals surface area contributed by atoms with Gasteiger partial charge in [-0.25, -0.2) is 14.2 Å². The van der Waals surface area contributed by atoms with Gasteiger partial charge in [-0.15, -0.1) is 0 Å². The van der Waals surface area contributed by atoms with Gasteiger partial charge in [0.2, 0.25) is 0 Å². The van der Waals surface area contributed by atoms with Crippen molar-refractivity contribution in [2.75, 3.05) is 0 Å². The minimum atomic E-state index is -1.11. The predicted octanol–water partition coefficient (Wildman–Crippen LogP) is 3.42. The van der Waals surface area contributed by atoms with Crippen LogP contribution in [0.25, 0.3) is 28.0 Å². The van der Waals surface area contributed by atoms with E-state index in [4.69, 9.17) is 0 Å². The van der Waals surface area contributed by atoms with E-state index in [1.807, 2.05) is 6.92 Å². The third kappa shape index (κ3) is 2.61. The lowest BCUT2D eigenvalue weighted by molar-refractivity contribution is 0.0697. The van der Waals surface area contributed by atoms with Gasteiger partial charge in [-0.1, -0.05) is 12.1 Å². The van der Waals surface area contributed by atoms with Gasteiger partial charge in [0.25, 0.3) is 0 Å². The van der Waals surface area contributed by atoms with Crippen molar-refractivity contribution >= 4 is 11.6 Å². The molecule has 4 aromatic rings. The summed E-state index contributed by atoms with van der Waals surface area (Å²) in [6, 6.07) is 9.42. The third-order valence-electron chi connectivity index (χ3n) is 4.53. The predicted molar refractivity (Wildman–Crippen MR) is 99.2 cm³/mol. The lowest BCUT2D eigenvalue weighted by Crippen LogP contribution is -1.98. The zero-order chi connectivity index (χ0) is 20.0. The smallest absolute Gasteiger partial charge is 0.335 e. The van der Waals surface area contributed by atoms with E-state index >= 15 is 0 Å². The maximum atomic E-state index is 14.9. The van der Waals surface area contributed by atoms with Crippen LogP contribution in [0.15, 0.2) is 42.7 Å². The summed E-state index contributed by atoms with van der Waals surface area (Å²) >= 11 is 0. The number of fused-ring (bicyclic) bond motifs is 1. The highest BCUT2D eigenvalue weighted by Gasteiger charge is 2.23. The van der Waals surface area contributed by atoms with Crippen LogP contribution in [-0.2, 0) is 7.05 Å². The van der Waals surface area contributed by atoms with Crippen molar-refractivity contribution in [1.29, 1.82) is 5.26 Å². The number of hydrogen-bond donors (Lipinski definition) is 1. The van der Waals surface area contributed by atoms with E-state index in [0.29, 0.717) is 11.3 Å². The summed E-state index contributed by atoms with van der Waals surface area (Å²) in [5.41, 5.74) is 2.74. The summed E-state index contributed by atoms with van der Waals surface area (Å²) in [6.45, 7) is 1.82. The maximum Gasteiger partial charge on any atom is 0.335 e. The second-order valence-electron chi connectivity index (χ2n) is 6.33. The molecule has 0 unspecified atom stereocenters. The molecule has 0 atom stereocenters. The van der Waals surface area contributed by atoms with Crippen LogP contribution in [0.4, 0.5) is 4.39 Å². The van der Waals surface area contributed by atoms with Crippen LogP contribution in [0, 0.1) is 24.1 Å². The normalized spacial score (nSPS) is 10.9. The van der Waals surface area contributed by atoms with Crippen LogP contribution >= 0.6 is 0 Å². The summed E-state index contributed by atoms with van der Waals surface area (Å²) in [5.74, 6) is -1.64. The lowest BCUT2D eigenvalue weighted by Gasteiger charge is -2.08. The van der Waals surface area contributed by atoms with Gasteiger partial charge >= 0.3 is 5.97 Å². The zero-order valence-electron chi connectivity index (χ0n) is 15.0. The van der Waals surface area contributed by atoms with Crippen molar-refractivity contribution in [2.24, 2.45) is 7.05 Å². The van der Waals surface area contributed by atoms with Crippen LogP contribution in [0.5, 0.6) is 0 Å². The van der Waals surface area contributed by atoms with Gasteiger partial charge in [-0.3, -0.25) is 9.08 Å². The minimum Gasteiger partial charge on any atom is -0.478 e. The van der Waals surface area contributed by atoms with Crippen LogP contribution in [0.3, 0.4) is 0 Å². The molecule has 0 aliphatic rings. The van der Waals surface area contributed by atoms with Crippen molar-refractivity contribution in [1.82, 2.24) is 19.2 Å². The number of halogens is 1. The van der Waals surface area contributed by atoms with Crippen molar-refractivity contribution < 1.29 is 14.3 Å². The highest BCUT2D eigenvalue weighted by molar-refractivity contribution is 5.90. The highest BCUT2D eigenvalue weighted by atomic mass is 19.1. The number of aromatic nitrogens is 4. The summed E-state index contributed by atoms with van der Waals surface area (Å²) in [6.07, 6.45) is 3.22. The van der Waals surface area contributed by atoms with E-state index in [-0.39, 0.29) is 28.2 Å². The summed E-state index contributed by atoms with van der Waals surface area (Å²) in [5, 5.41) is 23.2.